The maximum absolute atomic E-state index is 13.6. The van der Waals surface area contributed by atoms with Crippen LogP contribution in [0.2, 0.25) is 0 Å². The third-order valence-corrected chi connectivity index (χ3v) is 11.4. The minimum absolute atomic E-state index is 0.121. The molecule has 5 aromatic rings. The van der Waals surface area contributed by atoms with Crippen molar-refractivity contribution in [3.05, 3.63) is 60.4 Å². The first kappa shape index (κ1) is 39.4. The van der Waals surface area contributed by atoms with Crippen molar-refractivity contribution in [3.63, 3.8) is 0 Å². The SMILES string of the molecule is COC(=O)N[C@H](C(=O)N[C@H](c1ncc(-c2ccc3c(c2)oc2cc(-c4cnc([C@@H]5CCCN5C(=O)[C@@H](NC(=O)OC)C(C)C)[nH]4)ccc23)[nH]1)C1CCCC1)C(C)C. The van der Waals surface area contributed by atoms with Crippen LogP contribution >= 0.6 is 0 Å². The number of carbonyl (C=O) groups is 4. The first-order valence-electron chi connectivity index (χ1n) is 19.8. The van der Waals surface area contributed by atoms with E-state index in [1.807, 2.05) is 64.1 Å². The summed E-state index contributed by atoms with van der Waals surface area (Å²) in [6.07, 6.45) is 7.97. The topological polar surface area (TPSA) is 197 Å². The number of methoxy groups -OCH3 is 2. The molecular weight excluding hydrogens is 729 g/mol. The predicted molar refractivity (Wildman–Crippen MR) is 214 cm³/mol. The van der Waals surface area contributed by atoms with Crippen LogP contribution in [0.3, 0.4) is 0 Å². The van der Waals surface area contributed by atoms with E-state index in [4.69, 9.17) is 23.9 Å². The largest absolute Gasteiger partial charge is 0.456 e. The molecule has 0 spiro atoms. The fourth-order valence-corrected chi connectivity index (χ4v) is 8.26. The number of fused-ring (bicyclic) bond motifs is 3. The van der Waals surface area contributed by atoms with Crippen LogP contribution in [-0.4, -0.2) is 81.7 Å². The summed E-state index contributed by atoms with van der Waals surface area (Å²) < 4.78 is 16.0. The molecule has 1 saturated carbocycles. The number of amides is 4. The molecule has 4 amide bonds. The molecule has 2 fully saturated rings. The lowest BCUT2D eigenvalue weighted by molar-refractivity contribution is -0.135. The number of rotatable bonds is 12. The summed E-state index contributed by atoms with van der Waals surface area (Å²) in [5.74, 6) is 0.869. The lowest BCUT2D eigenvalue weighted by Crippen LogP contribution is -2.51. The second kappa shape index (κ2) is 16.7. The molecule has 4 heterocycles. The molecule has 1 aliphatic heterocycles. The highest BCUT2D eigenvalue weighted by Gasteiger charge is 2.38. The van der Waals surface area contributed by atoms with E-state index in [0.29, 0.717) is 18.2 Å². The van der Waals surface area contributed by atoms with Gasteiger partial charge in [0.2, 0.25) is 11.8 Å². The Morgan fingerprint density at radius 3 is 1.93 bits per heavy atom. The molecule has 1 aliphatic carbocycles. The molecule has 57 heavy (non-hydrogen) atoms. The molecule has 2 aromatic carbocycles. The molecule has 2 aliphatic rings. The van der Waals surface area contributed by atoms with E-state index < -0.39 is 24.3 Å². The number of aromatic nitrogens is 4. The van der Waals surface area contributed by atoms with E-state index >= 15 is 0 Å². The zero-order valence-corrected chi connectivity index (χ0v) is 33.3. The molecule has 4 atom stereocenters. The fourth-order valence-electron chi connectivity index (χ4n) is 8.26. The van der Waals surface area contributed by atoms with Gasteiger partial charge in [-0.15, -0.1) is 0 Å². The molecule has 0 radical (unpaired) electrons. The third kappa shape index (κ3) is 8.19. The van der Waals surface area contributed by atoms with E-state index in [9.17, 15) is 19.2 Å². The Bertz CT molecular complexity index is 2250. The molecule has 0 bridgehead atoms. The van der Waals surface area contributed by atoms with Crippen molar-refractivity contribution in [3.8, 4) is 22.5 Å². The van der Waals surface area contributed by atoms with Crippen molar-refractivity contribution in [1.82, 2.24) is 40.8 Å². The van der Waals surface area contributed by atoms with Crippen LogP contribution in [0.15, 0.2) is 53.2 Å². The van der Waals surface area contributed by atoms with Gasteiger partial charge in [0.15, 0.2) is 0 Å². The monoisotopic (exact) mass is 780 g/mol. The number of nitrogens with zero attached hydrogens (tertiary/aromatic N) is 3. The molecule has 0 unspecified atom stereocenters. The van der Waals surface area contributed by atoms with Crippen LogP contribution < -0.4 is 16.0 Å². The van der Waals surface area contributed by atoms with E-state index in [0.717, 1.165) is 83.0 Å². The summed E-state index contributed by atoms with van der Waals surface area (Å²) in [4.78, 5) is 69.3. The normalized spacial score (nSPS) is 17.6. The van der Waals surface area contributed by atoms with Crippen LogP contribution in [-0.2, 0) is 19.1 Å². The van der Waals surface area contributed by atoms with Crippen molar-refractivity contribution >= 4 is 45.9 Å². The quantitative estimate of drug-likeness (QED) is 0.0874. The Morgan fingerprint density at radius 2 is 1.33 bits per heavy atom. The number of hydrogen-bond donors (Lipinski definition) is 5. The molecular formula is C42H52N8O7. The van der Waals surface area contributed by atoms with Crippen molar-refractivity contribution in [2.45, 2.75) is 90.4 Å². The number of nitrogens with one attached hydrogen (secondary N) is 5. The van der Waals surface area contributed by atoms with Crippen LogP contribution in [0.5, 0.6) is 0 Å². The van der Waals surface area contributed by atoms with Gasteiger partial charge in [0.1, 0.15) is 34.9 Å². The number of hydrogen-bond acceptors (Lipinski definition) is 9. The average Bonchev–Trinajstić information content (AvgIpc) is 4.06. The van der Waals surface area contributed by atoms with Gasteiger partial charge >= 0.3 is 12.2 Å². The Hall–Kier alpha value is -5.86. The summed E-state index contributed by atoms with van der Waals surface area (Å²) >= 11 is 0. The molecule has 15 heteroatoms. The van der Waals surface area contributed by atoms with Crippen LogP contribution in [0.25, 0.3) is 44.5 Å². The number of H-pyrrole nitrogens is 2. The van der Waals surface area contributed by atoms with E-state index in [2.05, 4.69) is 25.9 Å². The number of ether oxygens (including phenoxy) is 2. The van der Waals surface area contributed by atoms with Crippen molar-refractivity contribution in [2.24, 2.45) is 17.8 Å². The standard InChI is InChI=1S/C42H52N8O7/c1-22(2)34(48-41(53)55-5)39(51)47-36(24-10-7-8-11-24)38-44-21-30(46-38)26-14-16-28-27-15-13-25(18-32(27)57-33(28)19-26)29-20-43-37(45-29)31-12-9-17-50(31)40(52)35(23(3)4)49-42(54)56-6/h13-16,18-24,31,34-36H,7-12,17H2,1-6H3,(H,43,45)(H,44,46)(H,47,51)(H,48,53)(H,49,54)/t31-,34-,35-,36-/m0/s1. The smallest absolute Gasteiger partial charge is 0.407 e. The minimum atomic E-state index is -0.753. The zero-order valence-electron chi connectivity index (χ0n) is 33.3. The van der Waals surface area contributed by atoms with Crippen LogP contribution in [0.4, 0.5) is 9.59 Å². The third-order valence-electron chi connectivity index (χ3n) is 11.4. The number of alkyl carbamates (subject to hydrolysis) is 2. The maximum atomic E-state index is 13.6. The van der Waals surface area contributed by atoms with Crippen LogP contribution in [0, 0.1) is 17.8 Å². The Balaban J connectivity index is 1.10. The Kier molecular flexibility index (Phi) is 11.5. The van der Waals surface area contributed by atoms with Crippen LogP contribution in [0.1, 0.15) is 90.0 Å². The van der Waals surface area contributed by atoms with Crippen molar-refractivity contribution in [2.75, 3.05) is 20.8 Å². The highest BCUT2D eigenvalue weighted by atomic mass is 16.5. The summed E-state index contributed by atoms with van der Waals surface area (Å²) in [6.45, 7) is 8.12. The van der Waals surface area contributed by atoms with E-state index in [1.54, 1.807) is 17.3 Å². The van der Waals surface area contributed by atoms with Gasteiger partial charge in [-0.1, -0.05) is 52.7 Å². The van der Waals surface area contributed by atoms with Gasteiger partial charge in [-0.05, 0) is 67.7 Å². The number of furan rings is 1. The van der Waals surface area contributed by atoms with Gasteiger partial charge in [-0.25, -0.2) is 19.6 Å². The number of carbonyl (C=O) groups excluding carboxylic acids is 4. The fraction of sp³-hybridized carbons (Fsp3) is 0.476. The van der Waals surface area contributed by atoms with Gasteiger partial charge in [0.05, 0.1) is 50.1 Å². The predicted octanol–water partition coefficient (Wildman–Crippen LogP) is 7.14. The Morgan fingerprint density at radius 1 is 0.754 bits per heavy atom. The molecule has 3 aromatic heterocycles. The van der Waals surface area contributed by atoms with Crippen molar-refractivity contribution < 1.29 is 33.1 Å². The molecule has 15 nitrogen and oxygen atoms in total. The molecule has 5 N–H and O–H groups in total. The van der Waals surface area contributed by atoms with Crippen molar-refractivity contribution in [1.29, 1.82) is 0 Å². The molecule has 1 saturated heterocycles. The van der Waals surface area contributed by atoms with Gasteiger partial charge < -0.3 is 44.7 Å². The maximum Gasteiger partial charge on any atom is 0.407 e. The summed E-state index contributed by atoms with van der Waals surface area (Å²) in [6, 6.07) is 10.1. The van der Waals surface area contributed by atoms with Gasteiger partial charge in [-0.3, -0.25) is 9.59 Å². The second-order valence-electron chi connectivity index (χ2n) is 15.8. The second-order valence-corrected chi connectivity index (χ2v) is 15.8. The lowest BCUT2D eigenvalue weighted by atomic mass is 9.96. The number of benzene rings is 2. The first-order valence-corrected chi connectivity index (χ1v) is 19.8. The van der Waals surface area contributed by atoms with Gasteiger partial charge in [0, 0.05) is 28.4 Å². The summed E-state index contributed by atoms with van der Waals surface area (Å²) in [5.41, 5.74) is 4.81. The van der Waals surface area contributed by atoms with Gasteiger partial charge in [-0.2, -0.15) is 0 Å². The number of aromatic amines is 2. The summed E-state index contributed by atoms with van der Waals surface area (Å²) in [5, 5.41) is 10.5. The summed E-state index contributed by atoms with van der Waals surface area (Å²) in [7, 11) is 2.56. The zero-order chi connectivity index (χ0) is 40.4. The lowest BCUT2D eigenvalue weighted by Gasteiger charge is -2.30. The number of likely N-dealkylation sites (tertiary alicyclic amines) is 1. The average molecular weight is 781 g/mol. The Labute approximate surface area is 331 Å². The molecule has 7 rings (SSSR count). The molecule has 302 valence electrons. The number of imidazole rings is 2. The van der Waals surface area contributed by atoms with Gasteiger partial charge in [0.25, 0.3) is 0 Å². The highest BCUT2D eigenvalue weighted by molar-refractivity contribution is 6.06. The highest BCUT2D eigenvalue weighted by Crippen LogP contribution is 2.38. The minimum Gasteiger partial charge on any atom is -0.456 e. The van der Waals surface area contributed by atoms with E-state index in [-0.39, 0.29) is 41.7 Å². The first-order chi connectivity index (χ1) is 27.4. The van der Waals surface area contributed by atoms with E-state index in [1.165, 1.54) is 14.2 Å².